The van der Waals surface area contributed by atoms with Crippen molar-refractivity contribution in [3.8, 4) is 11.3 Å². The highest BCUT2D eigenvalue weighted by molar-refractivity contribution is 5.57. The van der Waals surface area contributed by atoms with Gasteiger partial charge in [-0.3, -0.25) is 0 Å². The third-order valence-corrected chi connectivity index (χ3v) is 5.64. The summed E-state index contributed by atoms with van der Waals surface area (Å²) in [6, 6.07) is 9.99. The summed E-state index contributed by atoms with van der Waals surface area (Å²) >= 11 is 0. The second-order valence-electron chi connectivity index (χ2n) is 7.57. The first kappa shape index (κ1) is 17.6. The lowest BCUT2D eigenvalue weighted by Crippen LogP contribution is -2.47. The molecule has 0 unspecified atom stereocenters. The van der Waals surface area contributed by atoms with Crippen molar-refractivity contribution < 1.29 is 9.84 Å². The molecule has 6 nitrogen and oxygen atoms in total. The fourth-order valence-corrected chi connectivity index (χ4v) is 4.12. The molecule has 6 heteroatoms. The van der Waals surface area contributed by atoms with Crippen molar-refractivity contribution in [2.75, 3.05) is 13.2 Å². The average molecular weight is 356 g/mol. The number of aromatic nitrogens is 3. The predicted molar refractivity (Wildman–Crippen MR) is 99.6 cm³/mol. The van der Waals surface area contributed by atoms with E-state index in [1.165, 1.54) is 32.1 Å². The Morgan fingerprint density at radius 3 is 2.77 bits per heavy atom. The number of aliphatic hydroxyl groups excluding tert-OH is 1. The fourth-order valence-electron chi connectivity index (χ4n) is 4.12. The number of hydrogen-bond donors (Lipinski definition) is 2. The van der Waals surface area contributed by atoms with Gasteiger partial charge in [0.2, 0.25) is 0 Å². The van der Waals surface area contributed by atoms with E-state index in [0.717, 1.165) is 23.7 Å². The van der Waals surface area contributed by atoms with Crippen LogP contribution >= 0.6 is 0 Å². The van der Waals surface area contributed by atoms with E-state index in [0.29, 0.717) is 13.2 Å². The summed E-state index contributed by atoms with van der Waals surface area (Å²) in [5.41, 5.74) is 1.91. The molecule has 0 bridgehead atoms. The summed E-state index contributed by atoms with van der Waals surface area (Å²) in [5.74, 6) is 0.730. The first-order chi connectivity index (χ1) is 12.8. The maximum Gasteiger partial charge on any atom is 0.113 e. The minimum Gasteiger partial charge on any atom is -0.389 e. The lowest BCUT2D eigenvalue weighted by Gasteiger charge is -2.27. The summed E-state index contributed by atoms with van der Waals surface area (Å²) < 4.78 is 7.66. The second kappa shape index (κ2) is 8.29. The molecule has 2 N–H and O–H groups in total. The lowest BCUT2D eigenvalue weighted by molar-refractivity contribution is 0.0738. The highest BCUT2D eigenvalue weighted by Crippen LogP contribution is 2.24. The van der Waals surface area contributed by atoms with Gasteiger partial charge in [-0.05, 0) is 25.3 Å². The van der Waals surface area contributed by atoms with Crippen molar-refractivity contribution in [3.63, 3.8) is 0 Å². The summed E-state index contributed by atoms with van der Waals surface area (Å²) in [5, 5.41) is 22.4. The Balaban J connectivity index is 1.36. The van der Waals surface area contributed by atoms with Crippen molar-refractivity contribution >= 4 is 0 Å². The van der Waals surface area contributed by atoms with Gasteiger partial charge in [-0.25, -0.2) is 4.68 Å². The molecule has 3 atom stereocenters. The van der Waals surface area contributed by atoms with Gasteiger partial charge in [-0.1, -0.05) is 54.8 Å². The minimum atomic E-state index is -0.458. The van der Waals surface area contributed by atoms with E-state index in [1.54, 1.807) is 0 Å². The molecule has 140 valence electrons. The number of nitrogens with zero attached hydrogens (tertiary/aromatic N) is 3. The fraction of sp³-hybridized carbons (Fsp3) is 0.600. The van der Waals surface area contributed by atoms with E-state index in [-0.39, 0.29) is 12.1 Å². The van der Waals surface area contributed by atoms with Crippen molar-refractivity contribution in [3.05, 3.63) is 36.5 Å². The summed E-state index contributed by atoms with van der Waals surface area (Å²) in [7, 11) is 0. The van der Waals surface area contributed by atoms with E-state index in [9.17, 15) is 5.11 Å². The molecule has 2 aliphatic rings. The molecule has 0 radical (unpaired) electrons. The van der Waals surface area contributed by atoms with Crippen LogP contribution in [0.5, 0.6) is 0 Å². The van der Waals surface area contributed by atoms with Crippen LogP contribution in [0.3, 0.4) is 0 Å². The Morgan fingerprint density at radius 2 is 1.96 bits per heavy atom. The van der Waals surface area contributed by atoms with Gasteiger partial charge < -0.3 is 15.2 Å². The Morgan fingerprint density at radius 1 is 1.15 bits per heavy atom. The molecular weight excluding hydrogens is 328 g/mol. The van der Waals surface area contributed by atoms with Gasteiger partial charge in [0.25, 0.3) is 0 Å². The summed E-state index contributed by atoms with van der Waals surface area (Å²) in [6.45, 7) is 1.95. The van der Waals surface area contributed by atoms with Crippen LogP contribution in [0, 0.1) is 5.92 Å². The number of ether oxygens (including phenoxy) is 1. The number of hydrogen-bond acceptors (Lipinski definition) is 5. The third-order valence-electron chi connectivity index (χ3n) is 5.64. The van der Waals surface area contributed by atoms with Crippen LogP contribution in [0.15, 0.2) is 36.5 Å². The molecular formula is C20H28N4O2. The summed E-state index contributed by atoms with van der Waals surface area (Å²) in [6.07, 6.45) is 8.03. The van der Waals surface area contributed by atoms with Crippen molar-refractivity contribution in [1.82, 2.24) is 20.3 Å². The molecule has 2 aromatic rings. The van der Waals surface area contributed by atoms with Crippen molar-refractivity contribution in [2.24, 2.45) is 5.92 Å². The van der Waals surface area contributed by atoms with Crippen LogP contribution in [0.2, 0.25) is 0 Å². The zero-order valence-electron chi connectivity index (χ0n) is 15.1. The maximum absolute atomic E-state index is 10.3. The number of aliphatic hydroxyl groups is 1. The van der Waals surface area contributed by atoms with Crippen LogP contribution in [0.25, 0.3) is 11.3 Å². The summed E-state index contributed by atoms with van der Waals surface area (Å²) in [4.78, 5) is 0. The molecule has 1 saturated heterocycles. The number of rotatable bonds is 6. The topological polar surface area (TPSA) is 72.2 Å². The van der Waals surface area contributed by atoms with Crippen molar-refractivity contribution in [2.45, 2.75) is 56.9 Å². The Bertz CT molecular complexity index is 684. The van der Waals surface area contributed by atoms with Crippen LogP contribution < -0.4 is 5.32 Å². The van der Waals surface area contributed by atoms with Crippen molar-refractivity contribution in [1.29, 1.82) is 0 Å². The molecule has 1 aliphatic carbocycles. The normalized spacial score (nSPS) is 27.0. The zero-order chi connectivity index (χ0) is 17.8. The smallest absolute Gasteiger partial charge is 0.113 e. The van der Waals surface area contributed by atoms with Gasteiger partial charge in [-0.15, -0.1) is 5.10 Å². The molecule has 1 saturated carbocycles. The van der Waals surface area contributed by atoms with Gasteiger partial charge >= 0.3 is 0 Å². The monoisotopic (exact) mass is 356 g/mol. The Kier molecular flexibility index (Phi) is 5.62. The lowest BCUT2D eigenvalue weighted by atomic mass is 9.89. The highest BCUT2D eigenvalue weighted by atomic mass is 16.5. The van der Waals surface area contributed by atoms with Crippen LogP contribution in [-0.4, -0.2) is 51.5 Å². The minimum absolute atomic E-state index is 0.0405. The maximum atomic E-state index is 10.3. The zero-order valence-corrected chi connectivity index (χ0v) is 15.1. The van der Waals surface area contributed by atoms with E-state index in [2.05, 4.69) is 15.6 Å². The first-order valence-electron chi connectivity index (χ1n) is 9.78. The van der Waals surface area contributed by atoms with Gasteiger partial charge in [0.05, 0.1) is 37.6 Å². The standard InChI is InChI=1S/C20H28N4O2/c25-18-14-26-19(20(18)21-11-15-7-3-1-4-8-15)13-24-12-17(22-23-24)16-9-5-2-6-10-16/h2,5-6,9-10,12,15,18-21,25H,1,3-4,7-8,11,13-14H2/t18-,19+,20+/m0/s1. The van der Waals surface area contributed by atoms with Gasteiger partial charge in [0, 0.05) is 5.56 Å². The molecule has 2 fully saturated rings. The van der Waals surface area contributed by atoms with E-state index >= 15 is 0 Å². The number of benzene rings is 1. The quantitative estimate of drug-likeness (QED) is 0.831. The first-order valence-corrected chi connectivity index (χ1v) is 9.78. The van der Waals surface area contributed by atoms with Gasteiger partial charge in [0.15, 0.2) is 0 Å². The van der Waals surface area contributed by atoms with E-state index in [1.807, 2.05) is 41.2 Å². The molecule has 0 spiro atoms. The molecule has 1 aromatic carbocycles. The predicted octanol–water partition coefficient (Wildman–Crippen LogP) is 2.24. The van der Waals surface area contributed by atoms with Crippen LogP contribution in [0.1, 0.15) is 32.1 Å². The van der Waals surface area contributed by atoms with Crippen LogP contribution in [0.4, 0.5) is 0 Å². The Hall–Kier alpha value is -1.76. The number of nitrogens with one attached hydrogen (secondary N) is 1. The largest absolute Gasteiger partial charge is 0.389 e. The van der Waals surface area contributed by atoms with Crippen LogP contribution in [-0.2, 0) is 11.3 Å². The third kappa shape index (κ3) is 4.14. The molecule has 0 amide bonds. The molecule has 26 heavy (non-hydrogen) atoms. The second-order valence-corrected chi connectivity index (χ2v) is 7.57. The Labute approximate surface area is 154 Å². The van der Waals surface area contributed by atoms with E-state index < -0.39 is 6.10 Å². The van der Waals surface area contributed by atoms with E-state index in [4.69, 9.17) is 4.74 Å². The SMILES string of the molecule is O[C@H]1CO[C@H](Cn2cc(-c3ccccc3)nn2)[C@@H]1NCC1CCCCC1. The molecule has 2 heterocycles. The average Bonchev–Trinajstić information content (AvgIpc) is 3.29. The van der Waals surface area contributed by atoms with Gasteiger partial charge in [-0.2, -0.15) is 0 Å². The highest BCUT2D eigenvalue weighted by Gasteiger charge is 2.36. The molecule has 4 rings (SSSR count). The van der Waals surface area contributed by atoms with Gasteiger partial charge in [0.1, 0.15) is 5.69 Å². The molecule has 1 aromatic heterocycles. The molecule has 1 aliphatic heterocycles.